The van der Waals surface area contributed by atoms with Gasteiger partial charge in [-0.3, -0.25) is 4.79 Å². The molecule has 84 valence electrons. The van der Waals surface area contributed by atoms with Crippen LogP contribution in [0.1, 0.15) is 31.9 Å². The van der Waals surface area contributed by atoms with Gasteiger partial charge in [0.2, 0.25) is 0 Å². The van der Waals surface area contributed by atoms with E-state index in [1.807, 2.05) is 32.0 Å². The van der Waals surface area contributed by atoms with Crippen molar-refractivity contribution >= 4 is 5.97 Å². The van der Waals surface area contributed by atoms with Gasteiger partial charge in [-0.2, -0.15) is 0 Å². The number of carbonyl (C=O) groups is 1. The van der Waals surface area contributed by atoms with Crippen LogP contribution in [0.4, 0.5) is 0 Å². The third-order valence-electron chi connectivity index (χ3n) is 1.98. The Morgan fingerprint density at radius 3 is 2.40 bits per heavy atom. The molecule has 0 fully saturated rings. The highest BCUT2D eigenvalue weighted by Gasteiger charge is 2.02. The Hall–Kier alpha value is -1.31. The van der Waals surface area contributed by atoms with Gasteiger partial charge in [0, 0.05) is 0 Å². The van der Waals surface area contributed by atoms with Gasteiger partial charge in [-0.05, 0) is 17.5 Å². The Morgan fingerprint density at radius 1 is 1.27 bits per heavy atom. The molecule has 15 heavy (non-hydrogen) atoms. The van der Waals surface area contributed by atoms with Crippen LogP contribution in [0, 0.1) is 0 Å². The summed E-state index contributed by atoms with van der Waals surface area (Å²) in [4.78, 5) is 11.0. The molecule has 0 aliphatic rings. The quantitative estimate of drug-likeness (QED) is 0.714. The maximum absolute atomic E-state index is 11.0. The predicted molar refractivity (Wildman–Crippen MR) is 62.9 cm³/mol. The van der Waals surface area contributed by atoms with Crippen LogP contribution in [0.2, 0.25) is 0 Å². The number of rotatable bonds is 3. The fraction of sp³-hybridized carbons (Fsp3) is 0.462. The molecule has 0 radical (unpaired) electrons. The van der Waals surface area contributed by atoms with E-state index in [2.05, 4.69) is 17.7 Å². The van der Waals surface area contributed by atoms with Gasteiger partial charge in [-0.25, -0.2) is 0 Å². The summed E-state index contributed by atoms with van der Waals surface area (Å²) in [6.07, 6.45) is 1.36. The van der Waals surface area contributed by atoms with Crippen LogP contribution < -0.4 is 0 Å². The second kappa shape index (κ2) is 8.04. The van der Waals surface area contributed by atoms with Gasteiger partial charge in [-0.15, -0.1) is 0 Å². The van der Waals surface area contributed by atoms with Crippen molar-refractivity contribution in [3.8, 4) is 0 Å². The maximum Gasteiger partial charge on any atom is 0.309 e. The molecule has 2 heteroatoms. The lowest BCUT2D eigenvalue weighted by atomic mass is 10.1. The first kappa shape index (κ1) is 13.7. The average molecular weight is 208 g/mol. The molecule has 0 bridgehead atoms. The molecule has 0 N–H and O–H groups in total. The molecule has 1 aromatic carbocycles. The lowest BCUT2D eigenvalue weighted by Crippen LogP contribution is -2.04. The topological polar surface area (TPSA) is 26.3 Å². The molecular weight excluding hydrogens is 188 g/mol. The lowest BCUT2D eigenvalue weighted by molar-refractivity contribution is -0.139. The second-order valence-electron chi connectivity index (χ2n) is 2.93. The molecule has 0 heterocycles. The zero-order chi connectivity index (χ0) is 11.7. The highest BCUT2D eigenvalue weighted by atomic mass is 16.5. The van der Waals surface area contributed by atoms with Crippen molar-refractivity contribution in [3.63, 3.8) is 0 Å². The Bertz CT molecular complexity index is 292. The summed E-state index contributed by atoms with van der Waals surface area (Å²) in [7, 11) is 1.41. The van der Waals surface area contributed by atoms with Crippen molar-refractivity contribution in [3.05, 3.63) is 35.4 Å². The van der Waals surface area contributed by atoms with Crippen LogP contribution in [0.25, 0.3) is 0 Å². The lowest BCUT2D eigenvalue weighted by Gasteiger charge is -2.01. The Balaban J connectivity index is 0.000000921. The molecule has 0 amide bonds. The standard InChI is InChI=1S/C11H14O2.C2H6/c1-3-9-5-4-6-10(7-9)8-11(12)13-2;1-2/h4-7H,3,8H2,1-2H3;1-2H3. The number of esters is 1. The van der Waals surface area contributed by atoms with Gasteiger partial charge >= 0.3 is 5.97 Å². The van der Waals surface area contributed by atoms with Gasteiger partial charge in [0.1, 0.15) is 0 Å². The van der Waals surface area contributed by atoms with Gasteiger partial charge < -0.3 is 4.74 Å². The molecule has 1 aromatic rings. The number of ether oxygens (including phenoxy) is 1. The fourth-order valence-electron chi connectivity index (χ4n) is 1.20. The van der Waals surface area contributed by atoms with E-state index in [-0.39, 0.29) is 5.97 Å². The number of carbonyl (C=O) groups excluding carboxylic acids is 1. The molecule has 0 saturated heterocycles. The SMILES string of the molecule is CC.CCc1cccc(CC(=O)OC)c1. The van der Waals surface area contributed by atoms with Crippen molar-refractivity contribution in [2.24, 2.45) is 0 Å². The summed E-state index contributed by atoms with van der Waals surface area (Å²) >= 11 is 0. The number of aryl methyl sites for hydroxylation is 1. The summed E-state index contributed by atoms with van der Waals surface area (Å²) in [6.45, 7) is 6.09. The summed E-state index contributed by atoms with van der Waals surface area (Å²) < 4.78 is 4.59. The third kappa shape index (κ3) is 5.21. The minimum absolute atomic E-state index is 0.187. The Kier molecular flexibility index (Phi) is 7.33. The molecule has 0 unspecified atom stereocenters. The predicted octanol–water partition coefficient (Wildman–Crippen LogP) is 2.99. The van der Waals surface area contributed by atoms with Crippen molar-refractivity contribution in [2.75, 3.05) is 7.11 Å². The van der Waals surface area contributed by atoms with Crippen molar-refractivity contribution in [1.29, 1.82) is 0 Å². The van der Waals surface area contributed by atoms with E-state index in [1.165, 1.54) is 12.7 Å². The van der Waals surface area contributed by atoms with E-state index in [0.29, 0.717) is 6.42 Å². The van der Waals surface area contributed by atoms with E-state index in [4.69, 9.17) is 0 Å². The monoisotopic (exact) mass is 208 g/mol. The van der Waals surface area contributed by atoms with Crippen molar-refractivity contribution in [1.82, 2.24) is 0 Å². The molecule has 0 aromatic heterocycles. The zero-order valence-electron chi connectivity index (χ0n) is 10.0. The van der Waals surface area contributed by atoms with Gasteiger partial charge in [-0.1, -0.05) is 45.0 Å². The molecule has 1 rings (SSSR count). The first-order valence-corrected chi connectivity index (χ1v) is 5.41. The third-order valence-corrected chi connectivity index (χ3v) is 1.98. The maximum atomic E-state index is 11.0. The van der Waals surface area contributed by atoms with Gasteiger partial charge in [0.25, 0.3) is 0 Å². The van der Waals surface area contributed by atoms with E-state index in [0.717, 1.165) is 12.0 Å². The fourth-order valence-corrected chi connectivity index (χ4v) is 1.20. The number of benzene rings is 1. The largest absolute Gasteiger partial charge is 0.469 e. The van der Waals surface area contributed by atoms with E-state index in [1.54, 1.807) is 0 Å². The molecule has 2 nitrogen and oxygen atoms in total. The van der Waals surface area contributed by atoms with Crippen LogP contribution in [0.15, 0.2) is 24.3 Å². The van der Waals surface area contributed by atoms with Crippen LogP contribution in [-0.2, 0) is 22.4 Å². The smallest absolute Gasteiger partial charge is 0.309 e. The summed E-state index contributed by atoms with van der Waals surface area (Å²) in [5, 5.41) is 0. The van der Waals surface area contributed by atoms with E-state index >= 15 is 0 Å². The van der Waals surface area contributed by atoms with Crippen LogP contribution >= 0.6 is 0 Å². The van der Waals surface area contributed by atoms with Crippen LogP contribution in [0.5, 0.6) is 0 Å². The summed E-state index contributed by atoms with van der Waals surface area (Å²) in [6, 6.07) is 8.00. The normalized spacial score (nSPS) is 8.80. The number of hydrogen-bond donors (Lipinski definition) is 0. The highest BCUT2D eigenvalue weighted by Crippen LogP contribution is 2.06. The van der Waals surface area contributed by atoms with E-state index < -0.39 is 0 Å². The second-order valence-corrected chi connectivity index (χ2v) is 2.93. The summed E-state index contributed by atoms with van der Waals surface area (Å²) in [5.41, 5.74) is 2.27. The van der Waals surface area contributed by atoms with Crippen LogP contribution in [-0.4, -0.2) is 13.1 Å². The van der Waals surface area contributed by atoms with E-state index in [9.17, 15) is 4.79 Å². The first-order valence-electron chi connectivity index (χ1n) is 5.41. The molecule has 0 spiro atoms. The minimum Gasteiger partial charge on any atom is -0.469 e. The van der Waals surface area contributed by atoms with Crippen LogP contribution in [0.3, 0.4) is 0 Å². The van der Waals surface area contributed by atoms with Gasteiger partial charge in [0.15, 0.2) is 0 Å². The molecular formula is C13H20O2. The molecule has 0 aliphatic carbocycles. The molecule has 0 atom stereocenters. The molecule has 0 aliphatic heterocycles. The average Bonchev–Trinajstić information content (AvgIpc) is 2.31. The Labute approximate surface area is 92.3 Å². The first-order chi connectivity index (χ1) is 7.26. The Morgan fingerprint density at radius 2 is 1.87 bits per heavy atom. The van der Waals surface area contributed by atoms with Crippen molar-refractivity contribution in [2.45, 2.75) is 33.6 Å². The molecule has 0 saturated carbocycles. The highest BCUT2D eigenvalue weighted by molar-refractivity contribution is 5.72. The number of methoxy groups -OCH3 is 1. The minimum atomic E-state index is -0.187. The van der Waals surface area contributed by atoms with Gasteiger partial charge in [0.05, 0.1) is 13.5 Å². The van der Waals surface area contributed by atoms with Crippen molar-refractivity contribution < 1.29 is 9.53 Å². The summed E-state index contributed by atoms with van der Waals surface area (Å²) in [5.74, 6) is -0.187. The number of hydrogen-bond acceptors (Lipinski definition) is 2. The zero-order valence-corrected chi connectivity index (χ0v) is 10.0.